The number of amides is 1. The van der Waals surface area contributed by atoms with Crippen LogP contribution in [-0.4, -0.2) is 40.7 Å². The Kier molecular flexibility index (Phi) is 5.76. The molecule has 0 aliphatic carbocycles. The largest absolute Gasteiger partial charge is 0.369 e. The molecule has 1 heterocycles. The quantitative estimate of drug-likeness (QED) is 0.803. The number of nitrogens with one attached hydrogen (secondary N) is 2. The summed E-state index contributed by atoms with van der Waals surface area (Å²) < 4.78 is 0. The predicted molar refractivity (Wildman–Crippen MR) is 71.5 cm³/mol. The number of hydrogen-bond donors (Lipinski definition) is 2. The highest BCUT2D eigenvalue weighted by molar-refractivity contribution is 7.99. The average molecular weight is 254 g/mol. The van der Waals surface area contributed by atoms with Crippen molar-refractivity contribution in [3.05, 3.63) is 17.8 Å². The molecule has 1 amide bonds. The standard InChI is InChI=1S/C11H18N4OS/c1-4-12-10-6-5-9(14-15-10)11(16)13-7-8(2)17-3/h5-6,8H,4,7H2,1-3H3,(H,12,15)(H,13,16). The van der Waals surface area contributed by atoms with E-state index in [1.165, 1.54) is 0 Å². The number of nitrogens with zero attached hydrogens (tertiary/aromatic N) is 2. The van der Waals surface area contributed by atoms with Crippen molar-refractivity contribution in [3.63, 3.8) is 0 Å². The van der Waals surface area contributed by atoms with E-state index in [9.17, 15) is 4.79 Å². The van der Waals surface area contributed by atoms with Crippen LogP contribution in [0.2, 0.25) is 0 Å². The molecule has 0 radical (unpaired) electrons. The Balaban J connectivity index is 2.51. The first-order chi connectivity index (χ1) is 8.17. The predicted octanol–water partition coefficient (Wildman–Crippen LogP) is 1.39. The minimum Gasteiger partial charge on any atom is -0.369 e. The number of thioether (sulfide) groups is 1. The normalized spacial score (nSPS) is 11.9. The van der Waals surface area contributed by atoms with Gasteiger partial charge in [0, 0.05) is 18.3 Å². The molecule has 6 heteroatoms. The van der Waals surface area contributed by atoms with Crippen LogP contribution >= 0.6 is 11.8 Å². The lowest BCUT2D eigenvalue weighted by Gasteiger charge is -2.09. The summed E-state index contributed by atoms with van der Waals surface area (Å²) >= 11 is 1.71. The van der Waals surface area contributed by atoms with Gasteiger partial charge in [0.05, 0.1) is 0 Å². The smallest absolute Gasteiger partial charge is 0.271 e. The third-order valence-electron chi connectivity index (χ3n) is 2.21. The first-order valence-electron chi connectivity index (χ1n) is 5.56. The maximum absolute atomic E-state index is 11.7. The van der Waals surface area contributed by atoms with Crippen molar-refractivity contribution in [1.29, 1.82) is 0 Å². The lowest BCUT2D eigenvalue weighted by molar-refractivity contribution is 0.0948. The minimum atomic E-state index is -0.179. The molecule has 94 valence electrons. The maximum Gasteiger partial charge on any atom is 0.271 e. The van der Waals surface area contributed by atoms with Crippen molar-refractivity contribution in [2.75, 3.05) is 24.7 Å². The van der Waals surface area contributed by atoms with Gasteiger partial charge < -0.3 is 10.6 Å². The fourth-order valence-electron chi connectivity index (χ4n) is 1.14. The van der Waals surface area contributed by atoms with E-state index in [1.54, 1.807) is 23.9 Å². The number of carbonyl (C=O) groups excluding carboxylic acids is 1. The van der Waals surface area contributed by atoms with E-state index in [0.29, 0.717) is 23.3 Å². The molecule has 0 aliphatic rings. The first kappa shape index (κ1) is 13.8. The molecule has 2 N–H and O–H groups in total. The highest BCUT2D eigenvalue weighted by Gasteiger charge is 2.09. The zero-order valence-electron chi connectivity index (χ0n) is 10.4. The Bertz CT molecular complexity index is 355. The van der Waals surface area contributed by atoms with Gasteiger partial charge in [0.25, 0.3) is 5.91 Å². The van der Waals surface area contributed by atoms with Gasteiger partial charge in [-0.2, -0.15) is 11.8 Å². The summed E-state index contributed by atoms with van der Waals surface area (Å²) in [5, 5.41) is 14.0. The Morgan fingerprint density at radius 1 is 1.47 bits per heavy atom. The van der Waals surface area contributed by atoms with Gasteiger partial charge in [-0.3, -0.25) is 4.79 Å². The summed E-state index contributed by atoms with van der Waals surface area (Å²) in [6, 6.07) is 3.42. The first-order valence-corrected chi connectivity index (χ1v) is 6.84. The van der Waals surface area contributed by atoms with Crippen LogP contribution in [0, 0.1) is 0 Å². The number of rotatable bonds is 6. The number of carbonyl (C=O) groups is 1. The molecule has 1 atom stereocenters. The Morgan fingerprint density at radius 2 is 2.24 bits per heavy atom. The summed E-state index contributed by atoms with van der Waals surface area (Å²) in [6.07, 6.45) is 2.02. The second-order valence-corrected chi connectivity index (χ2v) is 4.87. The van der Waals surface area contributed by atoms with Crippen LogP contribution in [0.1, 0.15) is 24.3 Å². The van der Waals surface area contributed by atoms with E-state index in [0.717, 1.165) is 6.54 Å². The van der Waals surface area contributed by atoms with Gasteiger partial charge in [0.15, 0.2) is 5.69 Å². The van der Waals surface area contributed by atoms with Crippen LogP contribution in [-0.2, 0) is 0 Å². The van der Waals surface area contributed by atoms with E-state index in [-0.39, 0.29) is 5.91 Å². The molecule has 0 fully saturated rings. The summed E-state index contributed by atoms with van der Waals surface area (Å²) in [7, 11) is 0. The molecule has 1 unspecified atom stereocenters. The lowest BCUT2D eigenvalue weighted by Crippen LogP contribution is -2.30. The van der Waals surface area contributed by atoms with Crippen molar-refractivity contribution in [1.82, 2.24) is 15.5 Å². The molecule has 0 spiro atoms. The average Bonchev–Trinajstić information content (AvgIpc) is 2.36. The van der Waals surface area contributed by atoms with Crippen LogP contribution in [0.3, 0.4) is 0 Å². The molecular weight excluding hydrogens is 236 g/mol. The third kappa shape index (κ3) is 4.60. The highest BCUT2D eigenvalue weighted by Crippen LogP contribution is 2.04. The molecule has 1 aromatic heterocycles. The number of aromatic nitrogens is 2. The Hall–Kier alpha value is -1.30. The molecule has 0 saturated heterocycles. The molecule has 0 aromatic carbocycles. The number of anilines is 1. The molecule has 0 bridgehead atoms. The van der Waals surface area contributed by atoms with Crippen molar-refractivity contribution in [2.24, 2.45) is 0 Å². The fraction of sp³-hybridized carbons (Fsp3) is 0.545. The molecule has 0 saturated carbocycles. The van der Waals surface area contributed by atoms with Gasteiger partial charge >= 0.3 is 0 Å². The summed E-state index contributed by atoms with van der Waals surface area (Å²) in [5.74, 6) is 0.503. The SMILES string of the molecule is CCNc1ccc(C(=O)NCC(C)SC)nn1. The fourth-order valence-corrected chi connectivity index (χ4v) is 1.39. The zero-order chi connectivity index (χ0) is 12.7. The van der Waals surface area contributed by atoms with Crippen molar-refractivity contribution >= 4 is 23.5 Å². The number of hydrogen-bond acceptors (Lipinski definition) is 5. The van der Waals surface area contributed by atoms with Gasteiger partial charge in [-0.15, -0.1) is 10.2 Å². The molecular formula is C11H18N4OS. The monoisotopic (exact) mass is 254 g/mol. The molecule has 0 aliphatic heterocycles. The van der Waals surface area contributed by atoms with Crippen LogP contribution < -0.4 is 10.6 Å². The van der Waals surface area contributed by atoms with Crippen LogP contribution in [0.4, 0.5) is 5.82 Å². The summed E-state index contributed by atoms with van der Waals surface area (Å²) in [6.45, 7) is 5.46. The van der Waals surface area contributed by atoms with E-state index in [4.69, 9.17) is 0 Å². The summed E-state index contributed by atoms with van der Waals surface area (Å²) in [4.78, 5) is 11.7. The van der Waals surface area contributed by atoms with Gasteiger partial charge in [-0.05, 0) is 25.3 Å². The van der Waals surface area contributed by atoms with Gasteiger partial charge in [-0.25, -0.2) is 0 Å². The van der Waals surface area contributed by atoms with Crippen LogP contribution in [0.5, 0.6) is 0 Å². The van der Waals surface area contributed by atoms with Gasteiger partial charge in [-0.1, -0.05) is 6.92 Å². The minimum absolute atomic E-state index is 0.179. The topological polar surface area (TPSA) is 66.9 Å². The van der Waals surface area contributed by atoms with Crippen molar-refractivity contribution in [2.45, 2.75) is 19.1 Å². The maximum atomic E-state index is 11.7. The molecule has 5 nitrogen and oxygen atoms in total. The highest BCUT2D eigenvalue weighted by atomic mass is 32.2. The van der Waals surface area contributed by atoms with E-state index < -0.39 is 0 Å². The molecule has 1 aromatic rings. The van der Waals surface area contributed by atoms with Crippen LogP contribution in [0.15, 0.2) is 12.1 Å². The van der Waals surface area contributed by atoms with Gasteiger partial charge in [0.2, 0.25) is 0 Å². The molecule has 17 heavy (non-hydrogen) atoms. The second-order valence-electron chi connectivity index (χ2n) is 3.59. The van der Waals surface area contributed by atoms with Crippen molar-refractivity contribution in [3.8, 4) is 0 Å². The zero-order valence-corrected chi connectivity index (χ0v) is 11.2. The summed E-state index contributed by atoms with van der Waals surface area (Å²) in [5.41, 5.74) is 0.347. The Morgan fingerprint density at radius 3 is 2.76 bits per heavy atom. The van der Waals surface area contributed by atoms with Crippen molar-refractivity contribution < 1.29 is 4.79 Å². The van der Waals surface area contributed by atoms with Gasteiger partial charge in [0.1, 0.15) is 5.82 Å². The van der Waals surface area contributed by atoms with E-state index in [1.807, 2.05) is 13.2 Å². The second kappa shape index (κ2) is 7.11. The Labute approximate surface area is 106 Å². The van der Waals surface area contributed by atoms with E-state index >= 15 is 0 Å². The van der Waals surface area contributed by atoms with E-state index in [2.05, 4.69) is 27.8 Å². The lowest BCUT2D eigenvalue weighted by atomic mass is 10.3. The molecule has 1 rings (SSSR count). The third-order valence-corrected chi connectivity index (χ3v) is 3.18. The van der Waals surface area contributed by atoms with Crippen LogP contribution in [0.25, 0.3) is 0 Å².